The van der Waals surface area contributed by atoms with Gasteiger partial charge in [-0.2, -0.15) is 0 Å². The van der Waals surface area contributed by atoms with E-state index in [1.807, 2.05) is 12.1 Å². The molecule has 1 fully saturated rings. The minimum atomic E-state index is 0.114. The second-order valence-electron chi connectivity index (χ2n) is 5.96. The molecule has 21 heavy (non-hydrogen) atoms. The molecule has 116 valence electrons. The van der Waals surface area contributed by atoms with Gasteiger partial charge in [-0.15, -0.1) is 11.3 Å². The van der Waals surface area contributed by atoms with Crippen molar-refractivity contribution in [1.29, 1.82) is 0 Å². The van der Waals surface area contributed by atoms with Crippen molar-refractivity contribution >= 4 is 23.0 Å². The van der Waals surface area contributed by atoms with E-state index >= 15 is 0 Å². The molecule has 0 atom stereocenters. The molecule has 1 aromatic heterocycles. The Morgan fingerprint density at radius 2 is 2.00 bits per heavy atom. The summed E-state index contributed by atoms with van der Waals surface area (Å²) in [5.41, 5.74) is 0. The first-order valence-electron chi connectivity index (χ1n) is 8.01. The van der Waals surface area contributed by atoms with Crippen LogP contribution in [0.4, 0.5) is 0 Å². The lowest BCUT2D eigenvalue weighted by molar-refractivity contribution is -0.121. The molecular weight excluding hydrogens is 282 g/mol. The largest absolute Gasteiger partial charge is 0.356 e. The Bertz CT molecular complexity index is 475. The summed E-state index contributed by atoms with van der Waals surface area (Å²) in [4.78, 5) is 25.0. The quantitative estimate of drug-likeness (QED) is 0.775. The van der Waals surface area contributed by atoms with Gasteiger partial charge in [-0.25, -0.2) is 0 Å². The molecule has 0 bridgehead atoms. The van der Waals surface area contributed by atoms with E-state index in [0.29, 0.717) is 13.0 Å². The summed E-state index contributed by atoms with van der Waals surface area (Å²) in [6, 6.07) is 3.85. The van der Waals surface area contributed by atoms with E-state index in [4.69, 9.17) is 0 Å². The van der Waals surface area contributed by atoms with Gasteiger partial charge in [0.15, 0.2) is 5.78 Å². The third-order valence-electron chi connectivity index (χ3n) is 4.21. The van der Waals surface area contributed by atoms with Crippen molar-refractivity contribution in [2.24, 2.45) is 5.92 Å². The molecule has 0 saturated heterocycles. The highest BCUT2D eigenvalue weighted by Crippen LogP contribution is 2.27. The average molecular weight is 307 g/mol. The first-order chi connectivity index (χ1) is 10.1. The Kier molecular flexibility index (Phi) is 6.43. The SMILES string of the molecule is CC(=O)c1ccc(CCNC(=O)CCC2CCCCC2)s1. The number of rotatable bonds is 7. The molecule has 1 N–H and O–H groups in total. The van der Waals surface area contributed by atoms with Gasteiger partial charge in [0.1, 0.15) is 0 Å². The lowest BCUT2D eigenvalue weighted by Crippen LogP contribution is -2.26. The summed E-state index contributed by atoms with van der Waals surface area (Å²) in [7, 11) is 0. The lowest BCUT2D eigenvalue weighted by Gasteiger charge is -2.20. The van der Waals surface area contributed by atoms with Crippen LogP contribution in [-0.2, 0) is 11.2 Å². The van der Waals surface area contributed by atoms with Gasteiger partial charge in [-0.1, -0.05) is 32.1 Å². The molecule has 4 heteroatoms. The summed E-state index contributed by atoms with van der Waals surface area (Å²) in [6.07, 6.45) is 9.16. The molecule has 1 aromatic rings. The first-order valence-corrected chi connectivity index (χ1v) is 8.83. The summed E-state index contributed by atoms with van der Waals surface area (Å²) in [5, 5.41) is 2.99. The molecule has 1 aliphatic rings. The number of hydrogen-bond donors (Lipinski definition) is 1. The predicted molar refractivity (Wildman–Crippen MR) is 86.8 cm³/mol. The standard InChI is InChI=1S/C17H25NO2S/c1-13(19)16-9-8-15(21-16)11-12-18-17(20)10-7-14-5-3-2-4-6-14/h8-9,14H,2-7,10-12H2,1H3,(H,18,20). The number of thiophene rings is 1. The molecule has 1 aliphatic carbocycles. The van der Waals surface area contributed by atoms with Crippen LogP contribution in [0.1, 0.15) is 66.4 Å². The fourth-order valence-corrected chi connectivity index (χ4v) is 3.83. The number of carbonyl (C=O) groups is 2. The highest BCUT2D eigenvalue weighted by molar-refractivity contribution is 7.14. The van der Waals surface area contributed by atoms with Crippen LogP contribution in [0.25, 0.3) is 0 Å². The van der Waals surface area contributed by atoms with Gasteiger partial charge in [0, 0.05) is 17.8 Å². The van der Waals surface area contributed by atoms with Crippen molar-refractivity contribution in [3.8, 4) is 0 Å². The Balaban J connectivity index is 1.61. The van der Waals surface area contributed by atoms with E-state index in [1.165, 1.54) is 43.4 Å². The van der Waals surface area contributed by atoms with Crippen LogP contribution >= 0.6 is 11.3 Å². The highest BCUT2D eigenvalue weighted by Gasteiger charge is 2.14. The Morgan fingerprint density at radius 3 is 2.67 bits per heavy atom. The van der Waals surface area contributed by atoms with Gasteiger partial charge in [0.2, 0.25) is 5.91 Å². The normalized spacial score (nSPS) is 15.9. The van der Waals surface area contributed by atoms with E-state index in [0.717, 1.165) is 28.5 Å². The van der Waals surface area contributed by atoms with Gasteiger partial charge in [-0.05, 0) is 37.8 Å². The van der Waals surface area contributed by atoms with Crippen LogP contribution in [0.3, 0.4) is 0 Å². The smallest absolute Gasteiger partial charge is 0.220 e. The summed E-state index contributed by atoms with van der Waals surface area (Å²) < 4.78 is 0. The third kappa shape index (κ3) is 5.62. The van der Waals surface area contributed by atoms with Crippen molar-refractivity contribution < 1.29 is 9.59 Å². The fourth-order valence-electron chi connectivity index (χ4n) is 2.93. The summed E-state index contributed by atoms with van der Waals surface area (Å²) >= 11 is 1.53. The van der Waals surface area contributed by atoms with Crippen LogP contribution in [0.15, 0.2) is 12.1 Å². The minimum Gasteiger partial charge on any atom is -0.356 e. The van der Waals surface area contributed by atoms with Crippen LogP contribution < -0.4 is 5.32 Å². The zero-order chi connectivity index (χ0) is 15.1. The number of amides is 1. The zero-order valence-corrected chi connectivity index (χ0v) is 13.6. The molecule has 0 spiro atoms. The maximum Gasteiger partial charge on any atom is 0.220 e. The number of hydrogen-bond acceptors (Lipinski definition) is 3. The number of nitrogens with one attached hydrogen (secondary N) is 1. The summed E-state index contributed by atoms with van der Waals surface area (Å²) in [6.45, 7) is 2.25. The van der Waals surface area contributed by atoms with E-state index in [2.05, 4.69) is 5.32 Å². The van der Waals surface area contributed by atoms with Gasteiger partial charge >= 0.3 is 0 Å². The maximum absolute atomic E-state index is 11.8. The Morgan fingerprint density at radius 1 is 1.24 bits per heavy atom. The molecule has 1 heterocycles. The van der Waals surface area contributed by atoms with Gasteiger partial charge < -0.3 is 5.32 Å². The monoisotopic (exact) mass is 307 g/mol. The second kappa shape index (κ2) is 8.32. The highest BCUT2D eigenvalue weighted by atomic mass is 32.1. The van der Waals surface area contributed by atoms with Crippen LogP contribution in [0, 0.1) is 5.92 Å². The molecule has 3 nitrogen and oxygen atoms in total. The van der Waals surface area contributed by atoms with Gasteiger partial charge in [-0.3, -0.25) is 9.59 Å². The third-order valence-corrected chi connectivity index (χ3v) is 5.45. The van der Waals surface area contributed by atoms with Crippen LogP contribution in [0.5, 0.6) is 0 Å². The Labute approximate surface area is 131 Å². The van der Waals surface area contributed by atoms with E-state index in [-0.39, 0.29) is 11.7 Å². The van der Waals surface area contributed by atoms with Crippen molar-refractivity contribution in [2.45, 2.75) is 58.3 Å². The number of ketones is 1. The van der Waals surface area contributed by atoms with E-state index < -0.39 is 0 Å². The topological polar surface area (TPSA) is 46.2 Å². The predicted octanol–water partition coefficient (Wildman–Crippen LogP) is 3.97. The van der Waals surface area contributed by atoms with E-state index in [9.17, 15) is 9.59 Å². The number of Topliss-reactive ketones (excluding diaryl/α,β-unsaturated/α-hetero) is 1. The molecule has 0 unspecified atom stereocenters. The number of carbonyl (C=O) groups excluding carboxylic acids is 2. The lowest BCUT2D eigenvalue weighted by atomic mass is 9.86. The Hall–Kier alpha value is -1.16. The fraction of sp³-hybridized carbons (Fsp3) is 0.647. The molecule has 0 radical (unpaired) electrons. The molecule has 0 aliphatic heterocycles. The van der Waals surface area contributed by atoms with Gasteiger partial charge in [0.05, 0.1) is 4.88 Å². The molecule has 1 saturated carbocycles. The first kappa shape index (κ1) is 16.2. The molecular formula is C17H25NO2S. The van der Waals surface area contributed by atoms with Crippen molar-refractivity contribution in [1.82, 2.24) is 5.32 Å². The molecule has 2 rings (SSSR count). The van der Waals surface area contributed by atoms with Crippen molar-refractivity contribution in [3.63, 3.8) is 0 Å². The zero-order valence-electron chi connectivity index (χ0n) is 12.8. The summed E-state index contributed by atoms with van der Waals surface area (Å²) in [5.74, 6) is 1.05. The second-order valence-corrected chi connectivity index (χ2v) is 7.13. The van der Waals surface area contributed by atoms with Crippen molar-refractivity contribution in [3.05, 3.63) is 21.9 Å². The minimum absolute atomic E-state index is 0.114. The van der Waals surface area contributed by atoms with Crippen LogP contribution in [0.2, 0.25) is 0 Å². The molecule has 1 amide bonds. The maximum atomic E-state index is 11.8. The average Bonchev–Trinajstić information content (AvgIpc) is 2.95. The van der Waals surface area contributed by atoms with Crippen molar-refractivity contribution in [2.75, 3.05) is 6.54 Å². The molecule has 0 aromatic carbocycles. The van der Waals surface area contributed by atoms with Gasteiger partial charge in [0.25, 0.3) is 0 Å². The van der Waals surface area contributed by atoms with Crippen LogP contribution in [-0.4, -0.2) is 18.2 Å². The van der Waals surface area contributed by atoms with E-state index in [1.54, 1.807) is 6.92 Å².